The van der Waals surface area contributed by atoms with Gasteiger partial charge in [0.2, 0.25) is 0 Å². The molecule has 2 aromatic rings. The number of benzene rings is 2. The molecule has 0 fully saturated rings. The molecule has 0 aliphatic heterocycles. The van der Waals surface area contributed by atoms with E-state index in [2.05, 4.69) is 4.52 Å². The highest BCUT2D eigenvalue weighted by molar-refractivity contribution is 7.46. The van der Waals surface area contributed by atoms with Gasteiger partial charge >= 0.3 is 7.82 Å². The van der Waals surface area contributed by atoms with Crippen LogP contribution in [-0.4, -0.2) is 20.0 Å². The lowest BCUT2D eigenvalue weighted by atomic mass is 10.3. The van der Waals surface area contributed by atoms with Crippen LogP contribution in [0.4, 0.5) is 0 Å². The minimum atomic E-state index is -4.39. The first-order valence-corrected chi connectivity index (χ1v) is 6.68. The van der Waals surface area contributed by atoms with E-state index in [0.29, 0.717) is 0 Å². The van der Waals surface area contributed by atoms with Gasteiger partial charge in [0.1, 0.15) is 17.2 Å². The molecule has 0 aromatic heterocycles. The Balaban J connectivity index is 0.000000200. The number of hydrogen-bond acceptors (Lipinski definition) is 4. The fraction of sp³-hybridized carbons (Fsp3) is 0. The number of phenolic OH excluding ortho intramolecular Hbond substituents is 2. The number of aromatic hydroxyl groups is 2. The lowest BCUT2D eigenvalue weighted by molar-refractivity contribution is 0.283. The van der Waals surface area contributed by atoms with Crippen LogP contribution in [0.3, 0.4) is 0 Å². The van der Waals surface area contributed by atoms with E-state index in [1.807, 2.05) is 0 Å². The maximum absolute atomic E-state index is 10.3. The van der Waals surface area contributed by atoms with Crippen LogP contribution in [-0.2, 0) is 4.57 Å². The molecule has 6 nitrogen and oxygen atoms in total. The van der Waals surface area contributed by atoms with Crippen molar-refractivity contribution in [1.29, 1.82) is 0 Å². The summed E-state index contributed by atoms with van der Waals surface area (Å²) in [7, 11) is -4.39. The number of hydrogen-bond donors (Lipinski definition) is 4. The van der Waals surface area contributed by atoms with Crippen LogP contribution in [0.5, 0.6) is 17.2 Å². The molecule has 4 N–H and O–H groups in total. The number of rotatable bonds is 2. The maximum Gasteiger partial charge on any atom is 0.524 e. The molecule has 0 amide bonds. The first-order valence-electron chi connectivity index (χ1n) is 5.15. The van der Waals surface area contributed by atoms with Gasteiger partial charge in [0.25, 0.3) is 0 Å². The van der Waals surface area contributed by atoms with Crippen molar-refractivity contribution < 1.29 is 29.1 Å². The highest BCUT2D eigenvalue weighted by Crippen LogP contribution is 2.36. The normalized spacial score (nSPS) is 10.2. The lowest BCUT2D eigenvalue weighted by Gasteiger charge is -2.04. The molecule has 0 aliphatic carbocycles. The van der Waals surface area contributed by atoms with E-state index in [1.54, 1.807) is 18.2 Å². The zero-order chi connectivity index (χ0) is 14.3. The molecule has 2 aromatic carbocycles. The predicted molar refractivity (Wildman–Crippen MR) is 68.9 cm³/mol. The second kappa shape index (κ2) is 6.80. The minimum Gasteiger partial charge on any atom is -0.508 e. The molecular formula is C12H13O6P. The summed E-state index contributed by atoms with van der Waals surface area (Å²) in [4.78, 5) is 16.7. The lowest BCUT2D eigenvalue weighted by Crippen LogP contribution is -1.88. The SMILES string of the molecule is O=P(O)(O)Oc1ccccc1.Oc1ccc(O)cc1. The summed E-state index contributed by atoms with van der Waals surface area (Å²) in [5.41, 5.74) is 0. The van der Waals surface area contributed by atoms with Gasteiger partial charge in [0.05, 0.1) is 0 Å². The van der Waals surface area contributed by atoms with Crippen molar-refractivity contribution in [3.63, 3.8) is 0 Å². The molecular weight excluding hydrogens is 271 g/mol. The van der Waals surface area contributed by atoms with Crippen LogP contribution < -0.4 is 4.52 Å². The number of phosphoric ester groups is 1. The molecule has 0 saturated carbocycles. The summed E-state index contributed by atoms with van der Waals surface area (Å²) < 4.78 is 14.5. The fourth-order valence-electron chi connectivity index (χ4n) is 1.07. The topological polar surface area (TPSA) is 107 Å². The molecule has 0 saturated heterocycles. The third-order valence-electron chi connectivity index (χ3n) is 1.82. The minimum absolute atomic E-state index is 0.167. The average Bonchev–Trinajstić information content (AvgIpc) is 2.33. The van der Waals surface area contributed by atoms with E-state index in [9.17, 15) is 4.57 Å². The second-order valence-electron chi connectivity index (χ2n) is 3.41. The Morgan fingerprint density at radius 1 is 0.789 bits per heavy atom. The van der Waals surface area contributed by atoms with Crippen LogP contribution in [0.2, 0.25) is 0 Å². The summed E-state index contributed by atoms with van der Waals surface area (Å²) in [6.45, 7) is 0. The fourth-order valence-corrected chi connectivity index (χ4v) is 1.47. The monoisotopic (exact) mass is 284 g/mol. The Labute approximate surface area is 109 Å². The summed E-state index contributed by atoms with van der Waals surface area (Å²) in [6.07, 6.45) is 0. The van der Waals surface area contributed by atoms with E-state index in [1.165, 1.54) is 36.4 Å². The van der Waals surface area contributed by atoms with Gasteiger partial charge in [0.15, 0.2) is 0 Å². The maximum atomic E-state index is 10.3. The van der Waals surface area contributed by atoms with Crippen molar-refractivity contribution in [2.24, 2.45) is 0 Å². The summed E-state index contributed by atoms with van der Waals surface area (Å²) in [5, 5.41) is 17.3. The summed E-state index contributed by atoms with van der Waals surface area (Å²) >= 11 is 0. The number of para-hydroxylation sites is 1. The van der Waals surface area contributed by atoms with Gasteiger partial charge in [-0.2, -0.15) is 0 Å². The van der Waals surface area contributed by atoms with E-state index in [-0.39, 0.29) is 17.2 Å². The van der Waals surface area contributed by atoms with Crippen LogP contribution >= 0.6 is 7.82 Å². The Bertz CT molecular complexity index is 513. The molecule has 2 rings (SSSR count). The molecule has 0 radical (unpaired) electrons. The van der Waals surface area contributed by atoms with Gasteiger partial charge in [-0.15, -0.1) is 0 Å². The first-order chi connectivity index (χ1) is 8.87. The van der Waals surface area contributed by atoms with Crippen molar-refractivity contribution in [2.75, 3.05) is 0 Å². The Morgan fingerprint density at radius 3 is 1.58 bits per heavy atom. The highest BCUT2D eigenvalue weighted by Gasteiger charge is 2.14. The van der Waals surface area contributed by atoms with Crippen LogP contribution in [0, 0.1) is 0 Å². The van der Waals surface area contributed by atoms with Gasteiger partial charge in [-0.25, -0.2) is 4.57 Å². The van der Waals surface area contributed by atoms with Crippen molar-refractivity contribution in [3.05, 3.63) is 54.6 Å². The van der Waals surface area contributed by atoms with Crippen molar-refractivity contribution in [1.82, 2.24) is 0 Å². The third-order valence-corrected chi connectivity index (χ3v) is 2.27. The summed E-state index contributed by atoms with van der Waals surface area (Å²) in [5.74, 6) is 0.506. The first kappa shape index (κ1) is 15.0. The summed E-state index contributed by atoms with van der Waals surface area (Å²) in [6, 6.07) is 13.6. The molecule has 0 spiro atoms. The molecule has 0 bridgehead atoms. The van der Waals surface area contributed by atoms with Crippen LogP contribution in [0.25, 0.3) is 0 Å². The third kappa shape index (κ3) is 7.10. The quantitative estimate of drug-likeness (QED) is 0.497. The Hall–Kier alpha value is -2.01. The van der Waals surface area contributed by atoms with E-state index < -0.39 is 7.82 Å². The molecule has 0 atom stereocenters. The average molecular weight is 284 g/mol. The van der Waals surface area contributed by atoms with Gasteiger partial charge in [-0.1, -0.05) is 18.2 Å². The van der Waals surface area contributed by atoms with Crippen LogP contribution in [0.15, 0.2) is 54.6 Å². The smallest absolute Gasteiger partial charge is 0.508 e. The zero-order valence-corrected chi connectivity index (χ0v) is 10.6. The van der Waals surface area contributed by atoms with Crippen LogP contribution in [0.1, 0.15) is 0 Å². The van der Waals surface area contributed by atoms with Gasteiger partial charge in [-0.05, 0) is 36.4 Å². The molecule has 0 heterocycles. The molecule has 102 valence electrons. The van der Waals surface area contributed by atoms with Gasteiger partial charge < -0.3 is 14.7 Å². The Kier molecular flexibility index (Phi) is 5.38. The van der Waals surface area contributed by atoms with Crippen molar-refractivity contribution in [2.45, 2.75) is 0 Å². The van der Waals surface area contributed by atoms with Crippen molar-refractivity contribution in [3.8, 4) is 17.2 Å². The molecule has 7 heteroatoms. The largest absolute Gasteiger partial charge is 0.524 e. The predicted octanol–water partition coefficient (Wildman–Crippen LogP) is 2.26. The van der Waals surface area contributed by atoms with Gasteiger partial charge in [0, 0.05) is 0 Å². The molecule has 19 heavy (non-hydrogen) atoms. The standard InChI is InChI=1S/C6H7O4P.C6H6O2/c7-11(8,9)10-6-4-2-1-3-5-6;7-5-1-2-6(8)4-3-5/h1-5H,(H2,7,8,9);1-4,7-8H. The van der Waals surface area contributed by atoms with E-state index in [4.69, 9.17) is 20.0 Å². The number of phenols is 2. The van der Waals surface area contributed by atoms with E-state index >= 15 is 0 Å². The highest BCUT2D eigenvalue weighted by atomic mass is 31.2. The van der Waals surface area contributed by atoms with E-state index in [0.717, 1.165) is 0 Å². The molecule has 0 unspecified atom stereocenters. The number of phosphoric acid groups is 1. The van der Waals surface area contributed by atoms with Crippen molar-refractivity contribution >= 4 is 7.82 Å². The van der Waals surface area contributed by atoms with Gasteiger partial charge in [-0.3, -0.25) is 9.79 Å². The Morgan fingerprint density at radius 2 is 1.21 bits per heavy atom. The second-order valence-corrected chi connectivity index (χ2v) is 4.58. The molecule has 0 aliphatic rings. The zero-order valence-electron chi connectivity index (χ0n) is 9.75.